The molecule has 0 saturated heterocycles. The lowest BCUT2D eigenvalue weighted by Gasteiger charge is -2.25. The van der Waals surface area contributed by atoms with Gasteiger partial charge in [0.1, 0.15) is 11.6 Å². The molecule has 0 atom stereocenters. The Morgan fingerprint density at radius 3 is 2.26 bits per heavy atom. The number of halogens is 4. The molecule has 1 aliphatic rings. The average Bonchev–Trinajstić information content (AvgIpc) is 2.48. The van der Waals surface area contributed by atoms with Crippen molar-refractivity contribution in [2.24, 2.45) is 5.92 Å². The molecular weight excluding hydrogens is 308 g/mol. The predicted molar refractivity (Wildman–Crippen MR) is 80.1 cm³/mol. The van der Waals surface area contributed by atoms with Crippen LogP contribution in [0.4, 0.5) is 17.6 Å². The average molecular weight is 328 g/mol. The Balaban J connectivity index is 2.00. The highest BCUT2D eigenvalue weighted by molar-refractivity contribution is 5.39. The maximum Gasteiger partial charge on any atom is 0.345 e. The van der Waals surface area contributed by atoms with Crippen molar-refractivity contribution in [1.29, 1.82) is 0 Å². The summed E-state index contributed by atoms with van der Waals surface area (Å²) in [6.45, 7) is -0.815. The van der Waals surface area contributed by atoms with Gasteiger partial charge >= 0.3 is 6.61 Å². The van der Waals surface area contributed by atoms with Gasteiger partial charge in [0.15, 0.2) is 0 Å². The Kier molecular flexibility index (Phi) is 6.47. The van der Waals surface area contributed by atoms with Gasteiger partial charge in [-0.05, 0) is 49.8 Å². The lowest BCUT2D eigenvalue weighted by molar-refractivity contribution is -0.170. The third-order valence-electron chi connectivity index (χ3n) is 4.01. The molecule has 1 aromatic rings. The van der Waals surface area contributed by atoms with Gasteiger partial charge in [0.25, 0.3) is 0 Å². The molecule has 0 heterocycles. The minimum atomic E-state index is -2.76. The first kappa shape index (κ1) is 17.8. The first-order valence-corrected chi connectivity index (χ1v) is 7.92. The fraction of sp³-hybridized carbons (Fsp3) is 0.556. The Morgan fingerprint density at radius 2 is 1.74 bits per heavy atom. The number of benzene rings is 1. The van der Waals surface area contributed by atoms with Crippen molar-refractivity contribution < 1.29 is 22.3 Å². The molecule has 23 heavy (non-hydrogen) atoms. The van der Waals surface area contributed by atoms with Gasteiger partial charge in [0, 0.05) is 5.92 Å². The molecule has 1 fully saturated rings. The predicted octanol–water partition coefficient (Wildman–Crippen LogP) is 5.07. The standard InChI is InChI=1S/C18H20F4O/c1-2-3-13-10-16(19)15(17(20)11-13)9-6-12-4-7-14(8-5-12)23-18(21)22/h10-12,14,18H,2-5,7-8H2,1H3. The highest BCUT2D eigenvalue weighted by Crippen LogP contribution is 2.27. The molecule has 0 aromatic heterocycles. The first-order chi connectivity index (χ1) is 11.0. The minimum absolute atomic E-state index is 0.0401. The zero-order valence-electron chi connectivity index (χ0n) is 13.0. The molecular formula is C18H20F4O. The van der Waals surface area contributed by atoms with Crippen LogP contribution in [0.15, 0.2) is 12.1 Å². The van der Waals surface area contributed by atoms with Gasteiger partial charge in [-0.3, -0.25) is 0 Å². The van der Waals surface area contributed by atoms with E-state index in [1.54, 1.807) is 0 Å². The molecule has 1 aliphatic carbocycles. The van der Waals surface area contributed by atoms with Crippen molar-refractivity contribution in [3.05, 3.63) is 34.9 Å². The van der Waals surface area contributed by atoms with Crippen LogP contribution in [-0.4, -0.2) is 12.7 Å². The highest BCUT2D eigenvalue weighted by atomic mass is 19.3. The molecule has 1 aromatic carbocycles. The number of ether oxygens (including phenoxy) is 1. The zero-order valence-corrected chi connectivity index (χ0v) is 13.0. The number of rotatable bonds is 4. The second kappa shape index (κ2) is 8.35. The number of aryl methyl sites for hydroxylation is 1. The number of hydrogen-bond donors (Lipinski definition) is 0. The molecule has 5 heteroatoms. The summed E-state index contributed by atoms with van der Waals surface area (Å²) in [6, 6.07) is 2.65. The van der Waals surface area contributed by atoms with Gasteiger partial charge < -0.3 is 4.74 Å². The summed E-state index contributed by atoms with van der Waals surface area (Å²) in [5, 5.41) is 0. The van der Waals surface area contributed by atoms with E-state index in [0.29, 0.717) is 37.7 Å². The van der Waals surface area contributed by atoms with Crippen molar-refractivity contribution >= 4 is 0 Å². The third-order valence-corrected chi connectivity index (χ3v) is 4.01. The Hall–Kier alpha value is -1.54. The van der Waals surface area contributed by atoms with Crippen molar-refractivity contribution in [1.82, 2.24) is 0 Å². The molecule has 0 radical (unpaired) electrons. The SMILES string of the molecule is CCCc1cc(F)c(C#CC2CCC(OC(F)F)CC2)c(F)c1. The van der Waals surface area contributed by atoms with Gasteiger partial charge in [-0.2, -0.15) is 8.78 Å². The molecule has 0 amide bonds. The topological polar surface area (TPSA) is 9.23 Å². The van der Waals surface area contributed by atoms with Crippen LogP contribution in [0.2, 0.25) is 0 Å². The van der Waals surface area contributed by atoms with E-state index in [-0.39, 0.29) is 11.5 Å². The monoisotopic (exact) mass is 328 g/mol. The number of alkyl halides is 2. The van der Waals surface area contributed by atoms with Crippen LogP contribution in [0.25, 0.3) is 0 Å². The molecule has 0 spiro atoms. The van der Waals surface area contributed by atoms with Gasteiger partial charge in [-0.1, -0.05) is 25.2 Å². The lowest BCUT2D eigenvalue weighted by Crippen LogP contribution is -2.23. The second-order valence-corrected chi connectivity index (χ2v) is 5.82. The van der Waals surface area contributed by atoms with Crippen LogP contribution >= 0.6 is 0 Å². The van der Waals surface area contributed by atoms with E-state index in [1.165, 1.54) is 12.1 Å². The van der Waals surface area contributed by atoms with E-state index in [1.807, 2.05) is 6.92 Å². The normalized spacial score (nSPS) is 21.1. The van der Waals surface area contributed by atoms with Gasteiger partial charge in [-0.25, -0.2) is 8.78 Å². The van der Waals surface area contributed by atoms with E-state index in [2.05, 4.69) is 16.6 Å². The molecule has 2 rings (SSSR count). The summed E-state index contributed by atoms with van der Waals surface area (Å²) in [5.74, 6) is 4.13. The Bertz CT molecular complexity index is 557. The van der Waals surface area contributed by atoms with Gasteiger partial charge in [-0.15, -0.1) is 0 Å². The van der Waals surface area contributed by atoms with Crippen LogP contribution in [0, 0.1) is 29.4 Å². The van der Waals surface area contributed by atoms with Crippen LogP contribution < -0.4 is 0 Å². The fourth-order valence-electron chi connectivity index (χ4n) is 2.84. The van der Waals surface area contributed by atoms with Crippen LogP contribution in [0.3, 0.4) is 0 Å². The second-order valence-electron chi connectivity index (χ2n) is 5.82. The molecule has 126 valence electrons. The van der Waals surface area contributed by atoms with Crippen LogP contribution in [0.5, 0.6) is 0 Å². The summed E-state index contributed by atoms with van der Waals surface area (Å²) in [6.07, 6.45) is 3.16. The fourth-order valence-corrected chi connectivity index (χ4v) is 2.84. The van der Waals surface area contributed by atoms with Crippen molar-refractivity contribution in [2.45, 2.75) is 58.2 Å². The van der Waals surface area contributed by atoms with E-state index >= 15 is 0 Å². The largest absolute Gasteiger partial charge is 0.345 e. The Morgan fingerprint density at radius 1 is 1.13 bits per heavy atom. The van der Waals surface area contributed by atoms with E-state index in [9.17, 15) is 17.6 Å². The zero-order chi connectivity index (χ0) is 16.8. The molecule has 1 nitrogen and oxygen atoms in total. The minimum Gasteiger partial charge on any atom is -0.320 e. The quantitative estimate of drug-likeness (QED) is 0.554. The number of hydrogen-bond acceptors (Lipinski definition) is 1. The van der Waals surface area contributed by atoms with Gasteiger partial charge in [0.05, 0.1) is 11.7 Å². The summed E-state index contributed by atoms with van der Waals surface area (Å²) < 4.78 is 56.6. The van der Waals surface area contributed by atoms with Crippen LogP contribution in [-0.2, 0) is 11.2 Å². The van der Waals surface area contributed by atoms with Crippen molar-refractivity contribution in [2.75, 3.05) is 0 Å². The highest BCUT2D eigenvalue weighted by Gasteiger charge is 2.23. The molecule has 0 aliphatic heterocycles. The molecule has 0 unspecified atom stereocenters. The van der Waals surface area contributed by atoms with Crippen LogP contribution in [0.1, 0.15) is 50.2 Å². The first-order valence-electron chi connectivity index (χ1n) is 7.92. The van der Waals surface area contributed by atoms with E-state index in [0.717, 1.165) is 6.42 Å². The lowest BCUT2D eigenvalue weighted by atomic mass is 9.87. The maximum absolute atomic E-state index is 13.9. The Labute approximate surface area is 134 Å². The molecule has 0 bridgehead atoms. The summed E-state index contributed by atoms with van der Waals surface area (Å²) in [7, 11) is 0. The summed E-state index contributed by atoms with van der Waals surface area (Å²) in [4.78, 5) is 0. The summed E-state index contributed by atoms with van der Waals surface area (Å²) in [5.41, 5.74) is 0.411. The van der Waals surface area contributed by atoms with E-state index in [4.69, 9.17) is 0 Å². The molecule has 1 saturated carbocycles. The summed E-state index contributed by atoms with van der Waals surface area (Å²) >= 11 is 0. The smallest absolute Gasteiger partial charge is 0.320 e. The van der Waals surface area contributed by atoms with Crippen molar-refractivity contribution in [3.8, 4) is 11.8 Å². The van der Waals surface area contributed by atoms with Crippen molar-refractivity contribution in [3.63, 3.8) is 0 Å². The molecule has 0 N–H and O–H groups in total. The third kappa shape index (κ3) is 5.24. The van der Waals surface area contributed by atoms with Gasteiger partial charge in [0.2, 0.25) is 0 Å². The maximum atomic E-state index is 13.9. The van der Waals surface area contributed by atoms with E-state index < -0.39 is 24.3 Å².